The fourth-order valence-electron chi connectivity index (χ4n) is 6.41. The minimum absolute atomic E-state index is 0. The van der Waals surface area contributed by atoms with E-state index < -0.39 is 12.0 Å². The number of ether oxygens (including phenoxy) is 1. The number of alkyl halides is 3. The largest absolute Gasteiger partial charge is 0.573 e. The van der Waals surface area contributed by atoms with Gasteiger partial charge < -0.3 is 14.7 Å². The average Bonchev–Trinajstić information content (AvgIpc) is 2.80. The molecule has 2 saturated carbocycles. The third-order valence-corrected chi connectivity index (χ3v) is 8.33. The molecule has 0 bridgehead atoms. The van der Waals surface area contributed by atoms with Crippen molar-refractivity contribution in [2.24, 2.45) is 5.92 Å². The van der Waals surface area contributed by atoms with Crippen LogP contribution in [0.4, 0.5) is 13.2 Å². The summed E-state index contributed by atoms with van der Waals surface area (Å²) in [4.78, 5) is 5.09. The van der Waals surface area contributed by atoms with Gasteiger partial charge in [-0.05, 0) is 49.3 Å². The lowest BCUT2D eigenvalue weighted by Crippen LogP contribution is -2.61. The van der Waals surface area contributed by atoms with Gasteiger partial charge in [-0.15, -0.1) is 38.0 Å². The zero-order chi connectivity index (χ0) is 23.5. The summed E-state index contributed by atoms with van der Waals surface area (Å²) in [5.74, 6) is 0.462. The zero-order valence-corrected chi connectivity index (χ0v) is 22.3. The standard InChI is InChI=1S/C26H39F3N2O2.2ClH/c1-20(22-10-12-23(13-11-22)33-26(27,28)29)25(32)14-6-5-9-24(25)31-17-15-30(16-18-31)19-21-7-3-2-4-8-21;;/h10-13,20-21,24,32H,2-9,14-19H2,1H3;2*1H. The summed E-state index contributed by atoms with van der Waals surface area (Å²) < 4.78 is 41.5. The van der Waals surface area contributed by atoms with Crippen molar-refractivity contribution in [2.75, 3.05) is 32.7 Å². The predicted octanol–water partition coefficient (Wildman–Crippen LogP) is 6.40. The van der Waals surface area contributed by atoms with Gasteiger partial charge in [-0.3, -0.25) is 4.90 Å². The van der Waals surface area contributed by atoms with Crippen molar-refractivity contribution in [3.05, 3.63) is 29.8 Å². The third kappa shape index (κ3) is 7.88. The summed E-state index contributed by atoms with van der Waals surface area (Å²) in [6, 6.07) is 6.12. The highest BCUT2D eigenvalue weighted by atomic mass is 35.5. The summed E-state index contributed by atoms with van der Waals surface area (Å²) in [7, 11) is 0. The van der Waals surface area contributed by atoms with Gasteiger partial charge in [0.2, 0.25) is 0 Å². The van der Waals surface area contributed by atoms with Gasteiger partial charge in [0.15, 0.2) is 0 Å². The Morgan fingerprint density at radius 3 is 2.14 bits per heavy atom. The SMILES string of the molecule is CC(c1ccc(OC(F)(F)F)cc1)C1(O)CCCCC1N1CCN(CC2CCCCC2)CC1.Cl.Cl. The molecule has 3 aliphatic rings. The van der Waals surface area contributed by atoms with Gasteiger partial charge in [-0.2, -0.15) is 0 Å². The smallest absolute Gasteiger partial charge is 0.406 e. The lowest BCUT2D eigenvalue weighted by atomic mass is 9.69. The quantitative estimate of drug-likeness (QED) is 0.452. The van der Waals surface area contributed by atoms with Crippen molar-refractivity contribution in [1.82, 2.24) is 9.80 Å². The second-order valence-corrected chi connectivity index (χ2v) is 10.4. The first kappa shape index (κ1) is 30.5. The molecule has 1 aromatic rings. The second kappa shape index (κ2) is 13.2. The Morgan fingerprint density at radius 2 is 1.54 bits per heavy atom. The maximum Gasteiger partial charge on any atom is 0.573 e. The molecule has 3 unspecified atom stereocenters. The molecule has 0 spiro atoms. The molecule has 1 heterocycles. The number of benzene rings is 1. The molecular formula is C26H41Cl2F3N2O2. The average molecular weight is 542 g/mol. The van der Waals surface area contributed by atoms with E-state index >= 15 is 0 Å². The van der Waals surface area contributed by atoms with E-state index in [1.165, 1.54) is 50.8 Å². The van der Waals surface area contributed by atoms with Gasteiger partial charge in [-0.25, -0.2) is 0 Å². The first-order valence-corrected chi connectivity index (χ1v) is 12.8. The van der Waals surface area contributed by atoms with Crippen LogP contribution in [0.15, 0.2) is 24.3 Å². The Balaban J connectivity index is 0.00000216. The van der Waals surface area contributed by atoms with E-state index in [1.807, 2.05) is 6.92 Å². The van der Waals surface area contributed by atoms with Crippen molar-refractivity contribution in [3.8, 4) is 5.75 Å². The fourth-order valence-corrected chi connectivity index (χ4v) is 6.41. The molecule has 4 nitrogen and oxygen atoms in total. The lowest BCUT2D eigenvalue weighted by Gasteiger charge is -2.51. The summed E-state index contributed by atoms with van der Waals surface area (Å²) in [5, 5.41) is 11.9. The Hall–Kier alpha value is -0.730. The minimum Gasteiger partial charge on any atom is -0.406 e. The van der Waals surface area contributed by atoms with Gasteiger partial charge in [0, 0.05) is 44.7 Å². The van der Waals surface area contributed by atoms with Gasteiger partial charge in [0.05, 0.1) is 5.60 Å². The third-order valence-electron chi connectivity index (χ3n) is 8.33. The molecule has 35 heavy (non-hydrogen) atoms. The van der Waals surface area contributed by atoms with E-state index in [-0.39, 0.29) is 42.5 Å². The van der Waals surface area contributed by atoms with Crippen molar-refractivity contribution in [1.29, 1.82) is 0 Å². The van der Waals surface area contributed by atoms with Gasteiger partial charge >= 0.3 is 6.36 Å². The van der Waals surface area contributed by atoms with Crippen molar-refractivity contribution >= 4 is 24.8 Å². The van der Waals surface area contributed by atoms with Crippen LogP contribution in [0.3, 0.4) is 0 Å². The van der Waals surface area contributed by atoms with Gasteiger partial charge in [-0.1, -0.05) is 51.2 Å². The number of halogens is 5. The monoisotopic (exact) mass is 540 g/mol. The predicted molar refractivity (Wildman–Crippen MR) is 138 cm³/mol. The highest BCUT2D eigenvalue weighted by Crippen LogP contribution is 2.43. The van der Waals surface area contributed by atoms with Crippen LogP contribution in [0.1, 0.15) is 76.2 Å². The van der Waals surface area contributed by atoms with Crippen LogP contribution in [0.5, 0.6) is 5.75 Å². The number of hydrogen-bond acceptors (Lipinski definition) is 4. The molecule has 3 atom stereocenters. The molecule has 3 fully saturated rings. The molecule has 0 amide bonds. The molecule has 1 aliphatic heterocycles. The Labute approximate surface area is 220 Å². The van der Waals surface area contributed by atoms with E-state index in [0.29, 0.717) is 0 Å². The lowest BCUT2D eigenvalue weighted by molar-refractivity contribution is -0.274. The number of hydrogen-bond donors (Lipinski definition) is 1. The molecule has 9 heteroatoms. The van der Waals surface area contributed by atoms with Crippen LogP contribution < -0.4 is 4.74 Å². The minimum atomic E-state index is -4.70. The molecule has 1 saturated heterocycles. The Kier molecular flexibility index (Phi) is 11.5. The highest BCUT2D eigenvalue weighted by molar-refractivity contribution is 5.85. The summed E-state index contributed by atoms with van der Waals surface area (Å²) in [6.45, 7) is 7.29. The van der Waals surface area contributed by atoms with Crippen LogP contribution >= 0.6 is 24.8 Å². The Morgan fingerprint density at radius 1 is 0.943 bits per heavy atom. The van der Waals surface area contributed by atoms with Crippen molar-refractivity contribution in [2.45, 2.75) is 88.6 Å². The maximum atomic E-state index is 12.5. The zero-order valence-electron chi connectivity index (χ0n) is 20.6. The molecule has 1 N–H and O–H groups in total. The second-order valence-electron chi connectivity index (χ2n) is 10.4. The summed E-state index contributed by atoms with van der Waals surface area (Å²) >= 11 is 0. The van der Waals surface area contributed by atoms with E-state index in [0.717, 1.165) is 63.3 Å². The van der Waals surface area contributed by atoms with Crippen molar-refractivity contribution in [3.63, 3.8) is 0 Å². The molecule has 4 rings (SSSR count). The normalized spacial score (nSPS) is 28.0. The van der Waals surface area contributed by atoms with E-state index in [9.17, 15) is 18.3 Å². The van der Waals surface area contributed by atoms with Crippen LogP contribution in [0.2, 0.25) is 0 Å². The van der Waals surface area contributed by atoms with Gasteiger partial charge in [0.25, 0.3) is 0 Å². The number of nitrogens with zero attached hydrogens (tertiary/aromatic N) is 2. The van der Waals surface area contributed by atoms with E-state index in [1.54, 1.807) is 12.1 Å². The Bertz CT molecular complexity index is 754. The molecule has 0 radical (unpaired) electrons. The number of piperazine rings is 1. The molecule has 0 aromatic heterocycles. The van der Waals surface area contributed by atoms with E-state index in [2.05, 4.69) is 14.5 Å². The summed E-state index contributed by atoms with van der Waals surface area (Å²) in [5.41, 5.74) is -0.0224. The number of rotatable bonds is 6. The molecular weight excluding hydrogens is 500 g/mol. The first-order valence-electron chi connectivity index (χ1n) is 12.8. The first-order chi connectivity index (χ1) is 15.7. The highest BCUT2D eigenvalue weighted by Gasteiger charge is 2.47. The molecule has 1 aromatic carbocycles. The van der Waals surface area contributed by atoms with Gasteiger partial charge in [0.1, 0.15) is 5.75 Å². The van der Waals surface area contributed by atoms with Crippen LogP contribution in [0.25, 0.3) is 0 Å². The van der Waals surface area contributed by atoms with Crippen molar-refractivity contribution < 1.29 is 23.0 Å². The number of aliphatic hydroxyl groups is 1. The van der Waals surface area contributed by atoms with Crippen LogP contribution in [-0.4, -0.2) is 65.6 Å². The van der Waals surface area contributed by atoms with Crippen LogP contribution in [0, 0.1) is 5.92 Å². The maximum absolute atomic E-state index is 12.5. The topological polar surface area (TPSA) is 35.9 Å². The van der Waals surface area contributed by atoms with E-state index in [4.69, 9.17) is 0 Å². The molecule has 2 aliphatic carbocycles. The fraction of sp³-hybridized carbons (Fsp3) is 0.769. The van der Waals surface area contributed by atoms with Crippen LogP contribution in [-0.2, 0) is 0 Å². The summed E-state index contributed by atoms with van der Waals surface area (Å²) in [6.07, 6.45) is 5.97. The molecule has 202 valence electrons.